The number of carbonyl (C=O) groups excluding carboxylic acids is 1. The fraction of sp³-hybridized carbons (Fsp3) is 0.571. The van der Waals surface area contributed by atoms with Crippen LogP contribution in [0.1, 0.15) is 41.5 Å². The van der Waals surface area contributed by atoms with Gasteiger partial charge in [0.1, 0.15) is 0 Å². The minimum atomic E-state index is -0.147. The van der Waals surface area contributed by atoms with Gasteiger partial charge in [-0.2, -0.15) is 0 Å². The maximum atomic E-state index is 12.4. The predicted octanol–water partition coefficient (Wildman–Crippen LogP) is 3.88. The standard InChI is InChI=1S/C14H20OS/c1-13(2,3)10-7-9(16)8-11(12(10)15)14(4,5)6/h7-8H,1-6H3. The highest BCUT2D eigenvalue weighted by Crippen LogP contribution is 2.36. The van der Waals surface area contributed by atoms with E-state index in [-0.39, 0.29) is 16.6 Å². The molecule has 0 heterocycles. The van der Waals surface area contributed by atoms with Crippen LogP contribution in [0.4, 0.5) is 0 Å². The van der Waals surface area contributed by atoms with Crippen LogP contribution in [0.25, 0.3) is 0 Å². The molecule has 0 aromatic carbocycles. The molecule has 0 amide bonds. The Morgan fingerprint density at radius 3 is 1.44 bits per heavy atom. The van der Waals surface area contributed by atoms with Crippen molar-refractivity contribution in [2.45, 2.75) is 41.5 Å². The summed E-state index contributed by atoms with van der Waals surface area (Å²) >= 11 is 5.25. The first kappa shape index (κ1) is 13.3. The molecular formula is C14H20OS. The lowest BCUT2D eigenvalue weighted by molar-refractivity contribution is -0.114. The summed E-state index contributed by atoms with van der Waals surface area (Å²) in [7, 11) is 0. The highest BCUT2D eigenvalue weighted by atomic mass is 32.1. The van der Waals surface area contributed by atoms with Crippen LogP contribution in [0.15, 0.2) is 23.3 Å². The summed E-state index contributed by atoms with van der Waals surface area (Å²) in [6, 6.07) is 0. The molecule has 0 radical (unpaired) electrons. The molecule has 0 bridgehead atoms. The van der Waals surface area contributed by atoms with Gasteiger partial charge >= 0.3 is 0 Å². The second-order valence-electron chi connectivity index (χ2n) is 6.35. The van der Waals surface area contributed by atoms with Crippen molar-refractivity contribution >= 4 is 22.9 Å². The van der Waals surface area contributed by atoms with Crippen molar-refractivity contribution < 1.29 is 4.79 Å². The number of rotatable bonds is 0. The van der Waals surface area contributed by atoms with Gasteiger partial charge in [-0.3, -0.25) is 4.79 Å². The zero-order valence-corrected chi connectivity index (χ0v) is 11.8. The first-order valence-electron chi connectivity index (χ1n) is 5.56. The van der Waals surface area contributed by atoms with Crippen LogP contribution in [0.5, 0.6) is 0 Å². The zero-order valence-electron chi connectivity index (χ0n) is 11.0. The fourth-order valence-corrected chi connectivity index (χ4v) is 1.95. The van der Waals surface area contributed by atoms with E-state index >= 15 is 0 Å². The lowest BCUT2D eigenvalue weighted by Crippen LogP contribution is -2.29. The molecule has 88 valence electrons. The minimum Gasteiger partial charge on any atom is -0.289 e. The summed E-state index contributed by atoms with van der Waals surface area (Å²) in [5.41, 5.74) is 1.35. The number of Topliss-reactive ketones (excluding diaryl/α,β-unsaturated/α-hetero) is 1. The Morgan fingerprint density at radius 2 is 1.19 bits per heavy atom. The van der Waals surface area contributed by atoms with Crippen LogP contribution in [-0.2, 0) is 4.79 Å². The quantitative estimate of drug-likeness (QED) is 0.594. The zero-order chi connectivity index (χ0) is 12.7. The number of carbonyl (C=O) groups is 1. The molecule has 0 aromatic rings. The summed E-state index contributed by atoms with van der Waals surface area (Å²) in [4.78, 5) is 13.1. The molecule has 0 spiro atoms. The van der Waals surface area contributed by atoms with Crippen molar-refractivity contribution in [3.05, 3.63) is 23.3 Å². The van der Waals surface area contributed by atoms with Crippen LogP contribution in [-0.4, -0.2) is 10.6 Å². The average molecular weight is 236 g/mol. The molecule has 16 heavy (non-hydrogen) atoms. The van der Waals surface area contributed by atoms with E-state index in [2.05, 4.69) is 0 Å². The van der Waals surface area contributed by atoms with Crippen molar-refractivity contribution in [1.82, 2.24) is 0 Å². The Bertz CT molecular complexity index is 361. The maximum Gasteiger partial charge on any atom is 0.186 e. The van der Waals surface area contributed by atoms with Gasteiger partial charge in [-0.15, -0.1) is 0 Å². The first-order chi connectivity index (χ1) is 7.03. The molecule has 1 aliphatic carbocycles. The lowest BCUT2D eigenvalue weighted by atomic mass is 9.73. The number of allylic oxidation sites excluding steroid dienone is 4. The molecule has 1 nitrogen and oxygen atoms in total. The summed E-state index contributed by atoms with van der Waals surface area (Å²) in [5.74, 6) is 0.147. The molecule has 1 aliphatic rings. The maximum absolute atomic E-state index is 12.4. The molecule has 0 N–H and O–H groups in total. The normalized spacial score (nSPS) is 18.4. The van der Waals surface area contributed by atoms with Crippen molar-refractivity contribution in [2.24, 2.45) is 10.8 Å². The van der Waals surface area contributed by atoms with Crippen molar-refractivity contribution in [3.63, 3.8) is 0 Å². The molecule has 0 atom stereocenters. The van der Waals surface area contributed by atoms with E-state index in [9.17, 15) is 4.79 Å². The molecule has 0 fully saturated rings. The van der Waals surface area contributed by atoms with Crippen LogP contribution < -0.4 is 0 Å². The molecule has 0 saturated carbocycles. The molecule has 2 heteroatoms. The Kier molecular flexibility index (Phi) is 3.26. The fourth-order valence-electron chi connectivity index (χ4n) is 1.72. The van der Waals surface area contributed by atoms with Crippen molar-refractivity contribution in [3.8, 4) is 0 Å². The van der Waals surface area contributed by atoms with E-state index in [1.54, 1.807) is 0 Å². The van der Waals surface area contributed by atoms with E-state index < -0.39 is 0 Å². The van der Waals surface area contributed by atoms with Crippen LogP contribution in [0, 0.1) is 10.8 Å². The third kappa shape index (κ3) is 2.67. The summed E-state index contributed by atoms with van der Waals surface area (Å²) in [6.45, 7) is 12.3. The Labute approximate surface area is 104 Å². The second kappa shape index (κ2) is 3.92. The van der Waals surface area contributed by atoms with Crippen LogP contribution in [0.3, 0.4) is 0 Å². The van der Waals surface area contributed by atoms with E-state index in [1.807, 2.05) is 53.7 Å². The third-order valence-corrected chi connectivity index (χ3v) is 2.91. The van der Waals surface area contributed by atoms with E-state index in [1.165, 1.54) is 0 Å². The Balaban J connectivity index is 3.24. The van der Waals surface area contributed by atoms with Gasteiger partial charge in [0.2, 0.25) is 0 Å². The first-order valence-corrected chi connectivity index (χ1v) is 5.97. The Hall–Kier alpha value is -0.760. The van der Waals surface area contributed by atoms with Gasteiger partial charge in [0, 0.05) is 16.0 Å². The van der Waals surface area contributed by atoms with Crippen LogP contribution >= 0.6 is 12.2 Å². The average Bonchev–Trinajstić information content (AvgIpc) is 2.04. The lowest BCUT2D eigenvalue weighted by Gasteiger charge is -2.30. The van der Waals surface area contributed by atoms with Gasteiger partial charge in [0.05, 0.1) is 0 Å². The number of hydrogen-bond acceptors (Lipinski definition) is 2. The van der Waals surface area contributed by atoms with Crippen LogP contribution in [0.2, 0.25) is 0 Å². The Morgan fingerprint density at radius 1 is 0.875 bits per heavy atom. The monoisotopic (exact) mass is 236 g/mol. The van der Waals surface area contributed by atoms with Gasteiger partial charge < -0.3 is 0 Å². The smallest absolute Gasteiger partial charge is 0.186 e. The molecule has 0 aliphatic heterocycles. The molecule has 0 unspecified atom stereocenters. The number of hydrogen-bond donors (Lipinski definition) is 0. The topological polar surface area (TPSA) is 17.1 Å². The third-order valence-electron chi connectivity index (χ3n) is 2.68. The van der Waals surface area contributed by atoms with Gasteiger partial charge in [-0.05, 0) is 23.0 Å². The summed E-state index contributed by atoms with van der Waals surface area (Å²) in [6.07, 6.45) is 3.68. The second-order valence-corrected chi connectivity index (χ2v) is 6.82. The predicted molar refractivity (Wildman–Crippen MR) is 72.7 cm³/mol. The largest absolute Gasteiger partial charge is 0.289 e. The minimum absolute atomic E-state index is 0.147. The highest BCUT2D eigenvalue weighted by molar-refractivity contribution is 7.81. The van der Waals surface area contributed by atoms with Gasteiger partial charge in [-0.1, -0.05) is 53.8 Å². The van der Waals surface area contributed by atoms with E-state index in [0.717, 1.165) is 16.0 Å². The molecule has 0 aromatic heterocycles. The van der Waals surface area contributed by atoms with Gasteiger partial charge in [0.25, 0.3) is 0 Å². The number of ketones is 1. The van der Waals surface area contributed by atoms with E-state index in [0.29, 0.717) is 0 Å². The van der Waals surface area contributed by atoms with Gasteiger partial charge in [0.15, 0.2) is 5.78 Å². The SMILES string of the molecule is CC(C)(C)C1=CC(=S)C=C(C(C)(C)C)C1=O. The summed E-state index contributed by atoms with van der Waals surface area (Å²) < 4.78 is 0. The highest BCUT2D eigenvalue weighted by Gasteiger charge is 2.33. The van der Waals surface area contributed by atoms with Crippen molar-refractivity contribution in [2.75, 3.05) is 0 Å². The van der Waals surface area contributed by atoms with Gasteiger partial charge in [-0.25, -0.2) is 0 Å². The number of thiocarbonyl (C=S) groups is 1. The molecule has 0 saturated heterocycles. The molecular weight excluding hydrogens is 216 g/mol. The van der Waals surface area contributed by atoms with Crippen molar-refractivity contribution in [1.29, 1.82) is 0 Å². The summed E-state index contributed by atoms with van der Waals surface area (Å²) in [5, 5.41) is 0. The molecule has 1 rings (SSSR count). The van der Waals surface area contributed by atoms with E-state index in [4.69, 9.17) is 12.2 Å².